The molecule has 0 aliphatic rings. The zero-order valence-corrected chi connectivity index (χ0v) is 19.7. The van der Waals surface area contributed by atoms with Crippen molar-refractivity contribution in [2.75, 3.05) is 12.4 Å². The summed E-state index contributed by atoms with van der Waals surface area (Å²) < 4.78 is 10.8. The van der Waals surface area contributed by atoms with E-state index in [-0.39, 0.29) is 5.56 Å². The molecule has 3 rings (SSSR count). The highest BCUT2D eigenvalue weighted by Crippen LogP contribution is 2.41. The van der Waals surface area contributed by atoms with Crippen LogP contribution in [0.3, 0.4) is 0 Å². The number of thiophene rings is 1. The minimum atomic E-state index is -0.803. The maximum Gasteiger partial charge on any atom is 0.341 e. The van der Waals surface area contributed by atoms with Crippen LogP contribution in [0.5, 0.6) is 5.75 Å². The smallest absolute Gasteiger partial charge is 0.341 e. The lowest BCUT2D eigenvalue weighted by Gasteiger charge is -2.16. The Hall–Kier alpha value is -2.54. The van der Waals surface area contributed by atoms with Gasteiger partial charge in [0, 0.05) is 20.5 Å². The van der Waals surface area contributed by atoms with E-state index in [0.717, 1.165) is 16.0 Å². The highest BCUT2D eigenvalue weighted by atomic mass is 35.5. The molecule has 0 aliphatic carbocycles. The Morgan fingerprint density at radius 2 is 1.77 bits per heavy atom. The van der Waals surface area contributed by atoms with E-state index >= 15 is 0 Å². The van der Waals surface area contributed by atoms with Crippen LogP contribution in [-0.4, -0.2) is 25.1 Å². The first-order valence-electron chi connectivity index (χ1n) is 9.42. The van der Waals surface area contributed by atoms with Crippen LogP contribution < -0.4 is 10.1 Å². The van der Waals surface area contributed by atoms with Gasteiger partial charge in [-0.15, -0.1) is 11.3 Å². The van der Waals surface area contributed by atoms with Crippen LogP contribution in [0.1, 0.15) is 27.7 Å². The lowest BCUT2D eigenvalue weighted by molar-refractivity contribution is -0.122. The Morgan fingerprint density at radius 3 is 2.42 bits per heavy atom. The van der Waals surface area contributed by atoms with Crippen LogP contribution >= 0.6 is 34.5 Å². The van der Waals surface area contributed by atoms with Gasteiger partial charge in [-0.25, -0.2) is 4.79 Å². The molecule has 162 valence electrons. The van der Waals surface area contributed by atoms with Crippen molar-refractivity contribution in [1.82, 2.24) is 0 Å². The van der Waals surface area contributed by atoms with Gasteiger partial charge in [-0.05, 0) is 62.2 Å². The van der Waals surface area contributed by atoms with Gasteiger partial charge in [0.1, 0.15) is 16.3 Å². The molecule has 1 heterocycles. The first-order chi connectivity index (χ1) is 14.7. The highest BCUT2D eigenvalue weighted by molar-refractivity contribution is 7.17. The maximum atomic E-state index is 12.8. The van der Waals surface area contributed by atoms with E-state index in [1.807, 2.05) is 19.9 Å². The molecule has 8 heteroatoms. The molecule has 0 saturated heterocycles. The predicted octanol–water partition coefficient (Wildman–Crippen LogP) is 6.53. The molecule has 1 amide bonds. The Labute approximate surface area is 194 Å². The number of amides is 1. The second-order valence-corrected chi connectivity index (χ2v) is 9.00. The van der Waals surface area contributed by atoms with Crippen LogP contribution in [0.25, 0.3) is 11.1 Å². The Morgan fingerprint density at radius 1 is 1.06 bits per heavy atom. The molecule has 0 saturated carbocycles. The first kappa shape index (κ1) is 23.1. The van der Waals surface area contributed by atoms with Crippen molar-refractivity contribution in [1.29, 1.82) is 0 Å². The Bertz CT molecular complexity index is 1140. The van der Waals surface area contributed by atoms with E-state index in [9.17, 15) is 9.59 Å². The predicted molar refractivity (Wildman–Crippen MR) is 126 cm³/mol. The van der Waals surface area contributed by atoms with Gasteiger partial charge >= 0.3 is 5.97 Å². The third kappa shape index (κ3) is 5.21. The fourth-order valence-electron chi connectivity index (χ4n) is 3.12. The molecule has 2 aromatic carbocycles. The lowest BCUT2D eigenvalue weighted by atomic mass is 10.0. The van der Waals surface area contributed by atoms with Crippen molar-refractivity contribution in [3.63, 3.8) is 0 Å². The largest absolute Gasteiger partial charge is 0.481 e. The molecule has 31 heavy (non-hydrogen) atoms. The number of ether oxygens (including phenoxy) is 2. The van der Waals surface area contributed by atoms with Gasteiger partial charge in [-0.1, -0.05) is 35.3 Å². The fourth-order valence-corrected chi connectivity index (χ4v) is 4.61. The number of hydrogen-bond acceptors (Lipinski definition) is 5. The standard InChI is InChI=1S/C23H21Cl2NO4S/c1-12-10-17(25)8-9-18(12)30-13(2)21(27)26-22-20(23(28)29-4)19(14(3)31-22)15-6-5-7-16(24)11-15/h5-11,13H,1-4H3,(H,26,27). The number of benzene rings is 2. The second kappa shape index (κ2) is 9.73. The summed E-state index contributed by atoms with van der Waals surface area (Å²) in [6, 6.07) is 12.4. The van der Waals surface area contributed by atoms with Gasteiger partial charge in [-0.3, -0.25) is 4.79 Å². The summed E-state index contributed by atoms with van der Waals surface area (Å²) in [6.07, 6.45) is -0.803. The molecule has 3 aromatic rings. The quantitative estimate of drug-likeness (QED) is 0.409. The van der Waals surface area contributed by atoms with Crippen molar-refractivity contribution in [3.05, 3.63) is 68.5 Å². The van der Waals surface area contributed by atoms with E-state index in [0.29, 0.717) is 26.4 Å². The van der Waals surface area contributed by atoms with Crippen LogP contribution in [0.2, 0.25) is 10.0 Å². The average Bonchev–Trinajstić information content (AvgIpc) is 3.04. The molecule has 1 N–H and O–H groups in total. The van der Waals surface area contributed by atoms with Crippen molar-refractivity contribution >= 4 is 51.4 Å². The van der Waals surface area contributed by atoms with Gasteiger partial charge < -0.3 is 14.8 Å². The number of methoxy groups -OCH3 is 1. The number of carbonyl (C=O) groups is 2. The third-order valence-corrected chi connectivity index (χ3v) is 6.12. The number of rotatable bonds is 6. The number of halogens is 2. The van der Waals surface area contributed by atoms with Gasteiger partial charge in [0.15, 0.2) is 6.10 Å². The van der Waals surface area contributed by atoms with Gasteiger partial charge in [0.05, 0.1) is 7.11 Å². The van der Waals surface area contributed by atoms with Crippen LogP contribution in [0.4, 0.5) is 5.00 Å². The van der Waals surface area contributed by atoms with E-state index in [1.54, 1.807) is 43.3 Å². The van der Waals surface area contributed by atoms with Gasteiger partial charge in [0.2, 0.25) is 0 Å². The molecule has 0 fully saturated rings. The van der Waals surface area contributed by atoms with E-state index in [1.165, 1.54) is 18.4 Å². The molecular weight excluding hydrogens is 457 g/mol. The molecule has 0 bridgehead atoms. The van der Waals surface area contributed by atoms with Crippen molar-refractivity contribution in [3.8, 4) is 16.9 Å². The minimum Gasteiger partial charge on any atom is -0.481 e. The normalized spacial score (nSPS) is 11.7. The molecule has 1 atom stereocenters. The molecule has 5 nitrogen and oxygen atoms in total. The summed E-state index contributed by atoms with van der Waals surface area (Å²) in [7, 11) is 1.30. The number of carbonyl (C=O) groups excluding carboxylic acids is 2. The molecule has 0 radical (unpaired) electrons. The number of esters is 1. The molecular formula is C23H21Cl2NO4S. The molecule has 1 unspecified atom stereocenters. The fraction of sp³-hybridized carbons (Fsp3) is 0.217. The van der Waals surface area contributed by atoms with Crippen molar-refractivity contribution in [2.45, 2.75) is 26.9 Å². The van der Waals surface area contributed by atoms with E-state index < -0.39 is 18.0 Å². The van der Waals surface area contributed by atoms with E-state index in [2.05, 4.69) is 5.32 Å². The topological polar surface area (TPSA) is 64.6 Å². The SMILES string of the molecule is COC(=O)c1c(NC(=O)C(C)Oc2ccc(Cl)cc2C)sc(C)c1-c1cccc(Cl)c1. The van der Waals surface area contributed by atoms with Crippen LogP contribution in [0, 0.1) is 13.8 Å². The van der Waals surface area contributed by atoms with Crippen LogP contribution in [0.15, 0.2) is 42.5 Å². The second-order valence-electron chi connectivity index (χ2n) is 6.90. The summed E-state index contributed by atoms with van der Waals surface area (Å²) in [4.78, 5) is 26.3. The number of anilines is 1. The van der Waals surface area contributed by atoms with E-state index in [4.69, 9.17) is 32.7 Å². The summed E-state index contributed by atoms with van der Waals surface area (Å²) in [5.41, 5.74) is 2.55. The molecule has 1 aromatic heterocycles. The van der Waals surface area contributed by atoms with Gasteiger partial charge in [0.25, 0.3) is 5.91 Å². The summed E-state index contributed by atoms with van der Waals surface area (Å²) in [5.74, 6) is -0.377. The number of aryl methyl sites for hydroxylation is 2. The molecule has 0 spiro atoms. The lowest BCUT2D eigenvalue weighted by Crippen LogP contribution is -2.30. The summed E-state index contributed by atoms with van der Waals surface area (Å²) >= 11 is 13.4. The zero-order valence-electron chi connectivity index (χ0n) is 17.4. The minimum absolute atomic E-state index is 0.287. The number of hydrogen-bond donors (Lipinski definition) is 1. The average molecular weight is 478 g/mol. The first-order valence-corrected chi connectivity index (χ1v) is 11.0. The molecule has 0 aliphatic heterocycles. The Balaban J connectivity index is 1.91. The van der Waals surface area contributed by atoms with Gasteiger partial charge in [-0.2, -0.15) is 0 Å². The highest BCUT2D eigenvalue weighted by Gasteiger charge is 2.27. The zero-order chi connectivity index (χ0) is 22.7. The maximum absolute atomic E-state index is 12.8. The Kier molecular flexibility index (Phi) is 7.26. The monoisotopic (exact) mass is 477 g/mol. The van der Waals surface area contributed by atoms with Crippen LogP contribution in [-0.2, 0) is 9.53 Å². The number of nitrogens with one attached hydrogen (secondary N) is 1. The third-order valence-electron chi connectivity index (χ3n) is 4.63. The van der Waals surface area contributed by atoms with Crippen molar-refractivity contribution in [2.24, 2.45) is 0 Å². The summed E-state index contributed by atoms with van der Waals surface area (Å²) in [6.45, 7) is 5.36. The van der Waals surface area contributed by atoms with Crippen molar-refractivity contribution < 1.29 is 19.1 Å². The summed E-state index contributed by atoms with van der Waals surface area (Å²) in [5, 5.41) is 4.35.